The minimum Gasteiger partial charge on any atom is -0.466 e. The summed E-state index contributed by atoms with van der Waals surface area (Å²) in [4.78, 5) is 14.9. The summed E-state index contributed by atoms with van der Waals surface area (Å²) in [5, 5.41) is 8.81. The Balaban J connectivity index is 3.20. The van der Waals surface area contributed by atoms with Gasteiger partial charge in [-0.05, 0) is 18.6 Å². The van der Waals surface area contributed by atoms with E-state index in [4.69, 9.17) is 15.7 Å². The monoisotopic (exact) mass is 269 g/mol. The van der Waals surface area contributed by atoms with Gasteiger partial charge in [-0.3, -0.25) is 4.79 Å². The third-order valence-corrected chi connectivity index (χ3v) is 2.39. The highest BCUT2D eigenvalue weighted by Gasteiger charge is 2.20. The van der Waals surface area contributed by atoms with Crippen LogP contribution in [-0.4, -0.2) is 17.6 Å². The van der Waals surface area contributed by atoms with Crippen LogP contribution in [0.2, 0.25) is 0 Å². The van der Waals surface area contributed by atoms with Crippen LogP contribution < -0.4 is 5.73 Å². The molecule has 0 saturated carbocycles. The van der Waals surface area contributed by atoms with Gasteiger partial charge in [0.25, 0.3) is 6.43 Å². The molecule has 0 bridgehead atoms. The van der Waals surface area contributed by atoms with Gasteiger partial charge >= 0.3 is 5.97 Å². The molecule has 19 heavy (non-hydrogen) atoms. The largest absolute Gasteiger partial charge is 0.466 e. The molecule has 0 unspecified atom stereocenters. The number of nitriles is 1. The molecular formula is C12H13F2N3O2. The van der Waals surface area contributed by atoms with Crippen LogP contribution in [0.1, 0.15) is 35.9 Å². The summed E-state index contributed by atoms with van der Waals surface area (Å²) in [5.74, 6) is -0.626. The minimum atomic E-state index is -2.87. The molecule has 1 heterocycles. The van der Waals surface area contributed by atoms with Crippen molar-refractivity contribution in [2.24, 2.45) is 5.73 Å². The maximum Gasteiger partial charge on any atom is 0.310 e. The van der Waals surface area contributed by atoms with E-state index in [1.807, 2.05) is 0 Å². The van der Waals surface area contributed by atoms with Gasteiger partial charge in [0.2, 0.25) is 0 Å². The highest BCUT2D eigenvalue weighted by molar-refractivity contribution is 5.73. The van der Waals surface area contributed by atoms with Crippen molar-refractivity contribution < 1.29 is 18.3 Å². The van der Waals surface area contributed by atoms with Crippen LogP contribution >= 0.6 is 0 Å². The van der Waals surface area contributed by atoms with Crippen molar-refractivity contribution in [1.82, 2.24) is 4.98 Å². The molecule has 2 N–H and O–H groups in total. The molecule has 0 aliphatic rings. The van der Waals surface area contributed by atoms with Gasteiger partial charge in [0.15, 0.2) is 0 Å². The summed E-state index contributed by atoms with van der Waals surface area (Å²) in [6.07, 6.45) is -3.19. The van der Waals surface area contributed by atoms with E-state index >= 15 is 0 Å². The molecule has 0 saturated heterocycles. The molecule has 0 atom stereocenters. The molecular weight excluding hydrogens is 256 g/mol. The topological polar surface area (TPSA) is 89.0 Å². The van der Waals surface area contributed by atoms with Crippen LogP contribution in [0.5, 0.6) is 0 Å². The van der Waals surface area contributed by atoms with Gasteiger partial charge in [-0.15, -0.1) is 0 Å². The maximum atomic E-state index is 12.9. The number of carbonyl (C=O) groups is 1. The number of nitrogens with zero attached hydrogens (tertiary/aromatic N) is 2. The Morgan fingerprint density at radius 3 is 2.74 bits per heavy atom. The fraction of sp³-hybridized carbons (Fsp3) is 0.417. The van der Waals surface area contributed by atoms with Crippen molar-refractivity contribution in [2.45, 2.75) is 26.3 Å². The number of alkyl halides is 2. The second kappa shape index (κ2) is 6.75. The fourth-order valence-electron chi connectivity index (χ4n) is 1.57. The lowest BCUT2D eigenvalue weighted by atomic mass is 10.0. The van der Waals surface area contributed by atoms with Crippen LogP contribution in [0.3, 0.4) is 0 Å². The summed E-state index contributed by atoms with van der Waals surface area (Å²) < 4.78 is 30.4. The Morgan fingerprint density at radius 1 is 1.58 bits per heavy atom. The molecule has 5 nitrogen and oxygen atoms in total. The fourth-order valence-corrected chi connectivity index (χ4v) is 1.57. The van der Waals surface area contributed by atoms with Crippen LogP contribution in [0.4, 0.5) is 8.78 Å². The highest BCUT2D eigenvalue weighted by atomic mass is 19.3. The minimum absolute atomic E-state index is 0.0186. The second-order valence-electron chi connectivity index (χ2n) is 3.64. The average Bonchev–Trinajstić information content (AvgIpc) is 2.38. The van der Waals surface area contributed by atoms with Crippen LogP contribution in [0, 0.1) is 11.3 Å². The first kappa shape index (κ1) is 15.0. The Hall–Kier alpha value is -2.07. The zero-order chi connectivity index (χ0) is 14.4. The van der Waals surface area contributed by atoms with Crippen molar-refractivity contribution >= 4 is 5.97 Å². The quantitative estimate of drug-likeness (QED) is 0.817. The number of carbonyl (C=O) groups excluding carboxylic acids is 1. The highest BCUT2D eigenvalue weighted by Crippen LogP contribution is 2.24. The van der Waals surface area contributed by atoms with Crippen molar-refractivity contribution in [2.75, 3.05) is 6.61 Å². The molecule has 0 aromatic carbocycles. The van der Waals surface area contributed by atoms with Gasteiger partial charge in [0.1, 0.15) is 17.5 Å². The number of pyridine rings is 1. The summed E-state index contributed by atoms with van der Waals surface area (Å²) in [7, 11) is 0. The number of halogens is 2. The molecule has 0 radical (unpaired) electrons. The van der Waals surface area contributed by atoms with Gasteiger partial charge in [-0.1, -0.05) is 0 Å². The van der Waals surface area contributed by atoms with Gasteiger partial charge in [-0.2, -0.15) is 5.26 Å². The predicted molar refractivity (Wildman–Crippen MR) is 62.1 cm³/mol. The van der Waals surface area contributed by atoms with Gasteiger partial charge in [0, 0.05) is 12.1 Å². The van der Waals surface area contributed by atoms with Crippen molar-refractivity contribution in [3.05, 3.63) is 28.6 Å². The lowest BCUT2D eigenvalue weighted by Crippen LogP contribution is -2.13. The Morgan fingerprint density at radius 2 is 2.26 bits per heavy atom. The Bertz CT molecular complexity index is 512. The number of aromatic nitrogens is 1. The number of rotatable bonds is 5. The molecule has 0 aliphatic carbocycles. The van der Waals surface area contributed by atoms with Gasteiger partial charge in [0.05, 0.1) is 13.0 Å². The Labute approximate surface area is 109 Å². The molecule has 1 aromatic heterocycles. The predicted octanol–water partition coefficient (Wildman–Crippen LogP) is 1.46. The SMILES string of the molecule is CCOC(=O)Cc1cc(CN)c(C#N)nc1C(F)F. The number of ether oxygens (including phenoxy) is 1. The summed E-state index contributed by atoms with van der Waals surface area (Å²) in [6.45, 7) is 1.76. The molecule has 102 valence electrons. The number of hydrogen-bond donors (Lipinski definition) is 1. The third kappa shape index (κ3) is 3.69. The summed E-state index contributed by atoms with van der Waals surface area (Å²) in [6, 6.07) is 3.02. The Kier molecular flexibility index (Phi) is 5.33. The van der Waals surface area contributed by atoms with E-state index in [1.54, 1.807) is 13.0 Å². The first-order chi connectivity index (χ1) is 9.03. The van der Waals surface area contributed by atoms with E-state index in [0.717, 1.165) is 0 Å². The molecule has 0 amide bonds. The van der Waals surface area contributed by atoms with Crippen LogP contribution in [-0.2, 0) is 22.5 Å². The van der Waals surface area contributed by atoms with E-state index < -0.39 is 18.1 Å². The first-order valence-electron chi connectivity index (χ1n) is 5.60. The molecule has 1 aromatic rings. The van der Waals surface area contributed by atoms with Crippen molar-refractivity contribution in [3.8, 4) is 6.07 Å². The average molecular weight is 269 g/mol. The standard InChI is InChI=1S/C12H13F2N3O2/c1-2-19-10(18)4-7-3-8(5-15)9(6-16)17-11(7)12(13)14/h3,12H,2,4-5,15H2,1H3. The zero-order valence-corrected chi connectivity index (χ0v) is 10.3. The van der Waals surface area contributed by atoms with E-state index in [1.165, 1.54) is 6.07 Å². The summed E-state index contributed by atoms with van der Waals surface area (Å²) >= 11 is 0. The molecule has 0 fully saturated rings. The third-order valence-electron chi connectivity index (χ3n) is 2.39. The zero-order valence-electron chi connectivity index (χ0n) is 10.3. The lowest BCUT2D eigenvalue weighted by molar-refractivity contribution is -0.142. The number of hydrogen-bond acceptors (Lipinski definition) is 5. The molecule has 0 aliphatic heterocycles. The van der Waals surface area contributed by atoms with E-state index in [2.05, 4.69) is 4.98 Å². The number of esters is 1. The van der Waals surface area contributed by atoms with Crippen LogP contribution in [0.25, 0.3) is 0 Å². The van der Waals surface area contributed by atoms with Crippen molar-refractivity contribution in [3.63, 3.8) is 0 Å². The smallest absolute Gasteiger partial charge is 0.310 e. The normalized spacial score (nSPS) is 10.3. The number of nitrogens with two attached hydrogens (primary N) is 1. The van der Waals surface area contributed by atoms with Gasteiger partial charge < -0.3 is 10.5 Å². The molecule has 7 heteroatoms. The first-order valence-corrected chi connectivity index (χ1v) is 5.60. The maximum absolute atomic E-state index is 12.9. The van der Waals surface area contributed by atoms with Gasteiger partial charge in [-0.25, -0.2) is 13.8 Å². The summed E-state index contributed by atoms with van der Waals surface area (Å²) in [5.41, 5.74) is 5.05. The molecule has 1 rings (SSSR count). The van der Waals surface area contributed by atoms with E-state index in [-0.39, 0.29) is 30.8 Å². The lowest BCUT2D eigenvalue weighted by Gasteiger charge is -2.11. The van der Waals surface area contributed by atoms with Crippen molar-refractivity contribution in [1.29, 1.82) is 5.26 Å². The van der Waals surface area contributed by atoms with E-state index in [9.17, 15) is 13.6 Å². The second-order valence-corrected chi connectivity index (χ2v) is 3.64. The molecule has 0 spiro atoms. The van der Waals surface area contributed by atoms with Crippen LogP contribution in [0.15, 0.2) is 6.07 Å². The van der Waals surface area contributed by atoms with E-state index in [0.29, 0.717) is 5.56 Å².